The lowest BCUT2D eigenvalue weighted by Gasteiger charge is -2.22. The molecule has 0 saturated heterocycles. The fourth-order valence-electron chi connectivity index (χ4n) is 2.73. The van der Waals surface area contributed by atoms with Gasteiger partial charge in [0.2, 0.25) is 5.91 Å². The van der Waals surface area contributed by atoms with Crippen molar-refractivity contribution in [2.75, 3.05) is 20.6 Å². The number of rotatable bonds is 9. The first-order chi connectivity index (χ1) is 14.8. The lowest BCUT2D eigenvalue weighted by Crippen LogP contribution is -2.38. The average molecular weight is 561 g/mol. The standard InChI is InChI=1S/C21H25F2N5O3.HI/c1-25-21(28(2)13-15-5-9-17(10-6-15)31-20(22)23)27-11-14-3-7-16(8-4-14)19(30)26-12-18(24)29;/h3-10,20H,11-13H2,1-2H3,(H2,24,29)(H,25,27)(H,26,30);1H. The molecule has 0 aromatic heterocycles. The van der Waals surface area contributed by atoms with Gasteiger partial charge in [0.25, 0.3) is 5.91 Å². The third-order valence-electron chi connectivity index (χ3n) is 4.23. The van der Waals surface area contributed by atoms with E-state index in [1.807, 2.05) is 11.9 Å². The first kappa shape index (κ1) is 27.1. The molecule has 2 aromatic carbocycles. The molecule has 174 valence electrons. The van der Waals surface area contributed by atoms with E-state index < -0.39 is 12.5 Å². The molecule has 32 heavy (non-hydrogen) atoms. The fourth-order valence-corrected chi connectivity index (χ4v) is 2.73. The van der Waals surface area contributed by atoms with E-state index in [1.54, 1.807) is 43.4 Å². The van der Waals surface area contributed by atoms with Crippen LogP contribution in [-0.2, 0) is 17.9 Å². The summed E-state index contributed by atoms with van der Waals surface area (Å²) in [5.41, 5.74) is 7.26. The maximum atomic E-state index is 12.2. The van der Waals surface area contributed by atoms with Crippen LogP contribution in [0, 0.1) is 0 Å². The van der Waals surface area contributed by atoms with E-state index in [-0.39, 0.29) is 42.2 Å². The summed E-state index contributed by atoms with van der Waals surface area (Å²) < 4.78 is 28.8. The van der Waals surface area contributed by atoms with E-state index in [0.29, 0.717) is 24.6 Å². The van der Waals surface area contributed by atoms with Crippen molar-refractivity contribution in [3.05, 3.63) is 65.2 Å². The molecule has 0 heterocycles. The van der Waals surface area contributed by atoms with Crippen LogP contribution in [0.3, 0.4) is 0 Å². The number of nitrogens with one attached hydrogen (secondary N) is 2. The Balaban J connectivity index is 0.00000512. The molecule has 0 atom stereocenters. The number of halogens is 3. The van der Waals surface area contributed by atoms with Gasteiger partial charge < -0.3 is 26.0 Å². The van der Waals surface area contributed by atoms with Gasteiger partial charge in [-0.25, -0.2) is 0 Å². The monoisotopic (exact) mass is 561 g/mol. The number of benzene rings is 2. The highest BCUT2D eigenvalue weighted by Crippen LogP contribution is 2.16. The lowest BCUT2D eigenvalue weighted by atomic mass is 10.1. The second kappa shape index (κ2) is 13.5. The van der Waals surface area contributed by atoms with Gasteiger partial charge in [0.05, 0.1) is 6.54 Å². The molecule has 0 radical (unpaired) electrons. The summed E-state index contributed by atoms with van der Waals surface area (Å²) in [6.45, 7) is -2.09. The molecule has 0 aliphatic heterocycles. The lowest BCUT2D eigenvalue weighted by molar-refractivity contribution is -0.117. The zero-order valence-corrected chi connectivity index (χ0v) is 20.0. The van der Waals surface area contributed by atoms with Crippen molar-refractivity contribution in [2.24, 2.45) is 10.7 Å². The number of alkyl halides is 2. The molecule has 0 bridgehead atoms. The Morgan fingerprint density at radius 2 is 1.66 bits per heavy atom. The smallest absolute Gasteiger partial charge is 0.387 e. The highest BCUT2D eigenvalue weighted by Gasteiger charge is 2.09. The predicted octanol–water partition coefficient (Wildman–Crippen LogP) is 2.33. The molecule has 4 N–H and O–H groups in total. The number of primary amides is 1. The summed E-state index contributed by atoms with van der Waals surface area (Å²) in [7, 11) is 3.51. The van der Waals surface area contributed by atoms with Crippen LogP contribution in [0.4, 0.5) is 8.78 Å². The van der Waals surface area contributed by atoms with E-state index in [1.165, 1.54) is 12.1 Å². The second-order valence-electron chi connectivity index (χ2n) is 6.63. The molecule has 2 amide bonds. The highest BCUT2D eigenvalue weighted by atomic mass is 127. The number of guanidine groups is 1. The van der Waals surface area contributed by atoms with Gasteiger partial charge in [0.1, 0.15) is 5.75 Å². The quantitative estimate of drug-likeness (QED) is 0.248. The Kier molecular flexibility index (Phi) is 11.4. The largest absolute Gasteiger partial charge is 0.435 e. The molecule has 11 heteroatoms. The minimum Gasteiger partial charge on any atom is -0.435 e. The first-order valence-corrected chi connectivity index (χ1v) is 9.39. The number of hydrogen-bond acceptors (Lipinski definition) is 4. The Morgan fingerprint density at radius 1 is 1.06 bits per heavy atom. The van der Waals surface area contributed by atoms with Gasteiger partial charge in [-0.2, -0.15) is 8.78 Å². The first-order valence-electron chi connectivity index (χ1n) is 9.39. The van der Waals surface area contributed by atoms with Crippen LogP contribution in [0.15, 0.2) is 53.5 Å². The van der Waals surface area contributed by atoms with E-state index >= 15 is 0 Å². The van der Waals surface area contributed by atoms with Crippen LogP contribution in [0.5, 0.6) is 5.75 Å². The number of carbonyl (C=O) groups is 2. The van der Waals surface area contributed by atoms with E-state index in [2.05, 4.69) is 20.4 Å². The minimum atomic E-state index is -2.85. The van der Waals surface area contributed by atoms with E-state index in [0.717, 1.165) is 11.1 Å². The van der Waals surface area contributed by atoms with Gasteiger partial charge >= 0.3 is 6.61 Å². The van der Waals surface area contributed by atoms with Gasteiger partial charge in [-0.15, -0.1) is 24.0 Å². The number of nitrogens with zero attached hydrogens (tertiary/aromatic N) is 2. The van der Waals surface area contributed by atoms with E-state index in [9.17, 15) is 18.4 Å². The van der Waals surface area contributed by atoms with Crippen LogP contribution in [0.1, 0.15) is 21.5 Å². The number of hydrogen-bond donors (Lipinski definition) is 3. The SMILES string of the molecule is CN=C(NCc1ccc(C(=O)NCC(N)=O)cc1)N(C)Cc1ccc(OC(F)F)cc1.I. The molecule has 0 saturated carbocycles. The van der Waals surface area contributed by atoms with Crippen molar-refractivity contribution < 1.29 is 23.1 Å². The van der Waals surface area contributed by atoms with Crippen molar-refractivity contribution in [1.29, 1.82) is 0 Å². The normalized spacial score (nSPS) is 10.8. The minimum absolute atomic E-state index is 0. The number of nitrogens with two attached hydrogens (primary N) is 1. The van der Waals surface area contributed by atoms with Crippen molar-refractivity contribution in [1.82, 2.24) is 15.5 Å². The molecule has 0 fully saturated rings. The molecule has 0 aliphatic rings. The summed E-state index contributed by atoms with van der Waals surface area (Å²) in [5, 5.41) is 5.65. The predicted molar refractivity (Wildman–Crippen MR) is 128 cm³/mol. The zero-order chi connectivity index (χ0) is 22.8. The summed E-state index contributed by atoms with van der Waals surface area (Å²) in [5.74, 6) is -0.243. The number of ether oxygens (including phenoxy) is 1. The molecule has 0 aliphatic carbocycles. The summed E-state index contributed by atoms with van der Waals surface area (Å²) >= 11 is 0. The third kappa shape index (κ3) is 9.04. The van der Waals surface area contributed by atoms with Gasteiger partial charge in [0.15, 0.2) is 5.96 Å². The van der Waals surface area contributed by atoms with Gasteiger partial charge in [-0.1, -0.05) is 24.3 Å². The van der Waals surface area contributed by atoms with Gasteiger partial charge in [-0.3, -0.25) is 14.6 Å². The molecule has 0 spiro atoms. The van der Waals surface area contributed by atoms with Crippen molar-refractivity contribution >= 4 is 41.8 Å². The summed E-state index contributed by atoms with van der Waals surface area (Å²) in [6.07, 6.45) is 0. The molecule has 2 rings (SSSR count). The summed E-state index contributed by atoms with van der Waals surface area (Å²) in [6, 6.07) is 13.3. The highest BCUT2D eigenvalue weighted by molar-refractivity contribution is 14.0. The second-order valence-corrected chi connectivity index (χ2v) is 6.63. The van der Waals surface area contributed by atoms with Gasteiger partial charge in [0, 0.05) is 32.7 Å². The molecular weight excluding hydrogens is 535 g/mol. The number of amides is 2. The molecule has 2 aromatic rings. The van der Waals surface area contributed by atoms with Gasteiger partial charge in [-0.05, 0) is 35.4 Å². The average Bonchev–Trinajstić information content (AvgIpc) is 2.74. The Bertz CT molecular complexity index is 909. The summed E-state index contributed by atoms with van der Waals surface area (Å²) in [4.78, 5) is 28.8. The molecule has 8 nitrogen and oxygen atoms in total. The van der Waals surface area contributed by atoms with E-state index in [4.69, 9.17) is 5.73 Å². The van der Waals surface area contributed by atoms with Crippen molar-refractivity contribution in [3.63, 3.8) is 0 Å². The Hall–Kier alpha value is -2.96. The Morgan fingerprint density at radius 3 is 2.19 bits per heavy atom. The van der Waals surface area contributed by atoms with Crippen LogP contribution in [0.2, 0.25) is 0 Å². The molecular formula is C21H26F2IN5O3. The van der Waals surface area contributed by atoms with Crippen molar-refractivity contribution in [3.8, 4) is 5.75 Å². The topological polar surface area (TPSA) is 109 Å². The molecule has 0 unspecified atom stereocenters. The Labute approximate surface area is 202 Å². The van der Waals surface area contributed by atoms with Crippen LogP contribution < -0.4 is 21.1 Å². The maximum Gasteiger partial charge on any atom is 0.387 e. The number of carbonyl (C=O) groups excluding carboxylic acids is 2. The zero-order valence-electron chi connectivity index (χ0n) is 17.7. The fraction of sp³-hybridized carbons (Fsp3) is 0.286. The van der Waals surface area contributed by atoms with Crippen molar-refractivity contribution in [2.45, 2.75) is 19.7 Å². The maximum absolute atomic E-state index is 12.2. The van der Waals surface area contributed by atoms with Crippen LogP contribution >= 0.6 is 24.0 Å². The third-order valence-corrected chi connectivity index (χ3v) is 4.23. The van der Waals surface area contributed by atoms with Crippen LogP contribution in [0.25, 0.3) is 0 Å². The number of aliphatic imine (C=N–C) groups is 1. The van der Waals surface area contributed by atoms with Crippen LogP contribution in [-0.4, -0.2) is 49.9 Å².